The van der Waals surface area contributed by atoms with Crippen molar-refractivity contribution in [3.05, 3.63) is 0 Å². The number of ether oxygens (including phenoxy) is 1. The monoisotopic (exact) mass is 175 g/mol. The van der Waals surface area contributed by atoms with Crippen molar-refractivity contribution in [2.75, 3.05) is 13.3 Å². The minimum Gasteiger partial charge on any atom is -0.378 e. The third-order valence-electron chi connectivity index (χ3n) is 2.35. The van der Waals surface area contributed by atoms with Crippen LogP contribution in [0, 0.1) is 0 Å². The molecule has 1 rings (SSSR count). The van der Waals surface area contributed by atoms with Gasteiger partial charge in [0, 0.05) is 12.6 Å². The van der Waals surface area contributed by atoms with Crippen molar-refractivity contribution < 1.29 is 9.13 Å². The lowest BCUT2D eigenvalue weighted by atomic mass is 9.94. The van der Waals surface area contributed by atoms with E-state index in [0.717, 1.165) is 25.7 Å². The molecular formula is C9H18FNO. The quantitative estimate of drug-likeness (QED) is 0.659. The van der Waals surface area contributed by atoms with Crippen molar-refractivity contribution in [2.24, 2.45) is 5.73 Å². The maximum absolute atomic E-state index is 11.7. The molecule has 0 aromatic heterocycles. The molecular weight excluding hydrogens is 157 g/mol. The van der Waals surface area contributed by atoms with Crippen molar-refractivity contribution in [3.63, 3.8) is 0 Å². The molecule has 0 radical (unpaired) electrons. The van der Waals surface area contributed by atoms with Crippen LogP contribution in [-0.2, 0) is 4.74 Å². The van der Waals surface area contributed by atoms with E-state index in [1.165, 1.54) is 0 Å². The topological polar surface area (TPSA) is 35.2 Å². The Morgan fingerprint density at radius 2 is 1.92 bits per heavy atom. The number of hydrogen-bond donors (Lipinski definition) is 1. The van der Waals surface area contributed by atoms with Crippen LogP contribution in [0.5, 0.6) is 0 Å². The second-order valence-electron chi connectivity index (χ2n) is 3.45. The average Bonchev–Trinajstić information content (AvgIpc) is 2.09. The van der Waals surface area contributed by atoms with E-state index in [1.807, 2.05) is 0 Å². The molecule has 1 saturated carbocycles. The van der Waals surface area contributed by atoms with Crippen molar-refractivity contribution in [1.29, 1.82) is 0 Å². The van der Waals surface area contributed by atoms with Gasteiger partial charge in [0.15, 0.2) is 0 Å². The molecule has 72 valence electrons. The number of nitrogens with two attached hydrogens (primary N) is 1. The van der Waals surface area contributed by atoms with Crippen LogP contribution in [-0.4, -0.2) is 25.4 Å². The van der Waals surface area contributed by atoms with E-state index in [2.05, 4.69) is 0 Å². The zero-order chi connectivity index (χ0) is 8.81. The Morgan fingerprint density at radius 1 is 1.25 bits per heavy atom. The Hall–Kier alpha value is -0.150. The molecule has 1 aliphatic rings. The standard InChI is InChI=1S/C9H18FNO/c10-6-1-7-12-9-4-2-8(11)3-5-9/h8-9H,1-7,11H2. The summed E-state index contributed by atoms with van der Waals surface area (Å²) in [6.07, 6.45) is 5.08. The summed E-state index contributed by atoms with van der Waals surface area (Å²) in [6, 6.07) is 0.367. The van der Waals surface area contributed by atoms with Crippen LogP contribution >= 0.6 is 0 Å². The lowest BCUT2D eigenvalue weighted by Crippen LogP contribution is -2.30. The largest absolute Gasteiger partial charge is 0.378 e. The molecule has 0 unspecified atom stereocenters. The van der Waals surface area contributed by atoms with Crippen LogP contribution in [0.4, 0.5) is 4.39 Å². The van der Waals surface area contributed by atoms with Gasteiger partial charge in [-0.05, 0) is 32.1 Å². The summed E-state index contributed by atoms with van der Waals surface area (Å²) < 4.78 is 17.2. The second-order valence-corrected chi connectivity index (χ2v) is 3.45. The fourth-order valence-corrected chi connectivity index (χ4v) is 1.56. The van der Waals surface area contributed by atoms with Crippen LogP contribution in [0.3, 0.4) is 0 Å². The van der Waals surface area contributed by atoms with Gasteiger partial charge in [-0.3, -0.25) is 4.39 Å². The maximum atomic E-state index is 11.7. The summed E-state index contributed by atoms with van der Waals surface area (Å²) in [5.74, 6) is 0. The zero-order valence-corrected chi connectivity index (χ0v) is 7.47. The summed E-state index contributed by atoms with van der Waals surface area (Å²) in [6.45, 7) is 0.294. The molecule has 2 nitrogen and oxygen atoms in total. The maximum Gasteiger partial charge on any atom is 0.0916 e. The molecule has 0 aromatic rings. The van der Waals surface area contributed by atoms with E-state index in [9.17, 15) is 4.39 Å². The van der Waals surface area contributed by atoms with Crippen LogP contribution in [0.2, 0.25) is 0 Å². The van der Waals surface area contributed by atoms with Gasteiger partial charge >= 0.3 is 0 Å². The van der Waals surface area contributed by atoms with Gasteiger partial charge < -0.3 is 10.5 Å². The second kappa shape index (κ2) is 5.49. The van der Waals surface area contributed by atoms with E-state index < -0.39 is 0 Å². The molecule has 0 spiro atoms. The van der Waals surface area contributed by atoms with Gasteiger partial charge in [0.25, 0.3) is 0 Å². The molecule has 3 heteroatoms. The van der Waals surface area contributed by atoms with Crippen molar-refractivity contribution >= 4 is 0 Å². The first-order valence-electron chi connectivity index (χ1n) is 4.76. The third-order valence-corrected chi connectivity index (χ3v) is 2.35. The number of rotatable bonds is 4. The minimum atomic E-state index is -0.272. The van der Waals surface area contributed by atoms with E-state index in [-0.39, 0.29) is 6.67 Å². The van der Waals surface area contributed by atoms with Gasteiger partial charge in [0.05, 0.1) is 12.8 Å². The zero-order valence-electron chi connectivity index (χ0n) is 7.47. The van der Waals surface area contributed by atoms with Gasteiger partial charge in [0.2, 0.25) is 0 Å². The van der Waals surface area contributed by atoms with Crippen molar-refractivity contribution in [3.8, 4) is 0 Å². The van der Waals surface area contributed by atoms with Gasteiger partial charge in [0.1, 0.15) is 0 Å². The van der Waals surface area contributed by atoms with Crippen LogP contribution < -0.4 is 5.73 Å². The molecule has 0 heterocycles. The lowest BCUT2D eigenvalue weighted by Gasteiger charge is -2.25. The molecule has 0 bridgehead atoms. The van der Waals surface area contributed by atoms with Gasteiger partial charge in [-0.15, -0.1) is 0 Å². The number of alkyl halides is 1. The van der Waals surface area contributed by atoms with Crippen molar-refractivity contribution in [1.82, 2.24) is 0 Å². The molecule has 2 N–H and O–H groups in total. The first kappa shape index (κ1) is 9.93. The van der Waals surface area contributed by atoms with E-state index in [4.69, 9.17) is 10.5 Å². The Morgan fingerprint density at radius 3 is 2.50 bits per heavy atom. The predicted molar refractivity (Wildman–Crippen MR) is 46.8 cm³/mol. The Labute approximate surface area is 73.3 Å². The Kier molecular flexibility index (Phi) is 4.54. The summed E-state index contributed by atoms with van der Waals surface area (Å²) in [4.78, 5) is 0. The van der Waals surface area contributed by atoms with Crippen molar-refractivity contribution in [2.45, 2.75) is 44.2 Å². The normalized spacial score (nSPS) is 30.5. The van der Waals surface area contributed by atoms with Gasteiger partial charge in [-0.2, -0.15) is 0 Å². The molecule has 0 aromatic carbocycles. The smallest absolute Gasteiger partial charge is 0.0916 e. The Balaban J connectivity index is 2.01. The third kappa shape index (κ3) is 3.50. The highest BCUT2D eigenvalue weighted by Crippen LogP contribution is 2.19. The highest BCUT2D eigenvalue weighted by atomic mass is 19.1. The fourth-order valence-electron chi connectivity index (χ4n) is 1.56. The molecule has 0 saturated heterocycles. The van der Waals surface area contributed by atoms with Gasteiger partial charge in [-0.25, -0.2) is 0 Å². The number of hydrogen-bond acceptors (Lipinski definition) is 2. The lowest BCUT2D eigenvalue weighted by molar-refractivity contribution is 0.0219. The predicted octanol–water partition coefficient (Wildman–Crippen LogP) is 1.63. The van der Waals surface area contributed by atoms with Crippen LogP contribution in [0.15, 0.2) is 0 Å². The summed E-state index contributed by atoms with van der Waals surface area (Å²) in [5, 5.41) is 0. The first-order chi connectivity index (χ1) is 5.83. The Bertz CT molecular complexity index is 113. The van der Waals surface area contributed by atoms with E-state index in [0.29, 0.717) is 25.2 Å². The number of halogens is 1. The fraction of sp³-hybridized carbons (Fsp3) is 1.00. The molecule has 1 fully saturated rings. The molecule has 0 amide bonds. The summed E-state index contributed by atoms with van der Waals surface area (Å²) in [5.41, 5.74) is 5.74. The van der Waals surface area contributed by atoms with E-state index >= 15 is 0 Å². The first-order valence-corrected chi connectivity index (χ1v) is 4.76. The highest BCUT2D eigenvalue weighted by Gasteiger charge is 2.18. The van der Waals surface area contributed by atoms with E-state index in [1.54, 1.807) is 0 Å². The van der Waals surface area contributed by atoms with Crippen LogP contribution in [0.25, 0.3) is 0 Å². The molecule has 12 heavy (non-hydrogen) atoms. The summed E-state index contributed by atoms with van der Waals surface area (Å²) in [7, 11) is 0. The molecule has 1 aliphatic carbocycles. The summed E-state index contributed by atoms with van der Waals surface area (Å²) >= 11 is 0. The molecule has 0 atom stereocenters. The van der Waals surface area contributed by atoms with Gasteiger partial charge in [-0.1, -0.05) is 0 Å². The average molecular weight is 175 g/mol. The minimum absolute atomic E-state index is 0.272. The van der Waals surface area contributed by atoms with Crippen LogP contribution in [0.1, 0.15) is 32.1 Å². The SMILES string of the molecule is NC1CCC(OCCCF)CC1. The molecule has 0 aliphatic heterocycles. The highest BCUT2D eigenvalue weighted by molar-refractivity contribution is 4.74.